The van der Waals surface area contributed by atoms with Gasteiger partial charge in [-0.3, -0.25) is 14.5 Å². The fourth-order valence-electron chi connectivity index (χ4n) is 3.23. The Morgan fingerprint density at radius 3 is 2.55 bits per heavy atom. The smallest absolute Gasteiger partial charge is 0.227 e. The number of carbonyl (C=O) groups is 1. The summed E-state index contributed by atoms with van der Waals surface area (Å²) in [6.45, 7) is 4.21. The van der Waals surface area contributed by atoms with Crippen molar-refractivity contribution in [2.24, 2.45) is 0 Å². The maximum Gasteiger partial charge on any atom is 0.227 e. The average Bonchev–Trinajstić information content (AvgIpc) is 3.29. The maximum absolute atomic E-state index is 13.2. The van der Waals surface area contributed by atoms with Crippen LogP contribution in [0.15, 0.2) is 54.6 Å². The number of aromatic nitrogens is 5. The summed E-state index contributed by atoms with van der Waals surface area (Å²) < 4.78 is 17.1. The molecule has 7 nitrogen and oxygen atoms in total. The Hall–Kier alpha value is -3.59. The summed E-state index contributed by atoms with van der Waals surface area (Å²) in [4.78, 5) is 12.7. The highest BCUT2D eigenvalue weighted by molar-refractivity contribution is 7.71. The number of rotatable bonds is 6. The Bertz CT molecular complexity index is 1270. The molecular weight excluding hydrogens is 415 g/mol. The van der Waals surface area contributed by atoms with Crippen molar-refractivity contribution in [2.45, 2.75) is 26.8 Å². The number of carbonyl (C=O) groups excluding carboxylic acids is 1. The van der Waals surface area contributed by atoms with E-state index >= 15 is 0 Å². The predicted molar refractivity (Wildman–Crippen MR) is 119 cm³/mol. The minimum absolute atomic E-state index is 0.193. The molecule has 1 amide bonds. The standard InChI is InChI=1S/C22H21FN6OS/c1-14-3-5-16(6-4-14)21-25-26-22(31)28(21)12-11-20(30)24-19-13-15(2)27-29(19)18-9-7-17(23)8-10-18/h3-10,13H,11-12H2,1-2H3,(H,24,30)(H,26,31). The van der Waals surface area contributed by atoms with E-state index < -0.39 is 0 Å². The van der Waals surface area contributed by atoms with Gasteiger partial charge in [0.15, 0.2) is 10.6 Å². The lowest BCUT2D eigenvalue weighted by Crippen LogP contribution is -2.17. The quantitative estimate of drug-likeness (QED) is 0.434. The molecule has 0 spiro atoms. The number of benzene rings is 2. The van der Waals surface area contributed by atoms with Crippen LogP contribution in [-0.2, 0) is 11.3 Å². The number of hydrogen-bond donors (Lipinski definition) is 2. The lowest BCUT2D eigenvalue weighted by molar-refractivity contribution is -0.116. The van der Waals surface area contributed by atoms with Crippen LogP contribution in [0.25, 0.3) is 17.1 Å². The predicted octanol–water partition coefficient (Wildman–Crippen LogP) is 4.58. The van der Waals surface area contributed by atoms with Crippen molar-refractivity contribution in [3.05, 3.63) is 76.4 Å². The summed E-state index contributed by atoms with van der Waals surface area (Å²) in [6.07, 6.45) is 0.195. The molecule has 0 bridgehead atoms. The van der Waals surface area contributed by atoms with Gasteiger partial charge in [-0.2, -0.15) is 10.2 Å². The zero-order chi connectivity index (χ0) is 22.0. The molecule has 158 valence electrons. The second-order valence-electron chi connectivity index (χ2n) is 7.23. The fraction of sp³-hybridized carbons (Fsp3) is 0.182. The molecule has 0 aliphatic heterocycles. The van der Waals surface area contributed by atoms with Crippen molar-refractivity contribution < 1.29 is 9.18 Å². The van der Waals surface area contributed by atoms with E-state index in [-0.39, 0.29) is 18.1 Å². The molecule has 4 aromatic rings. The summed E-state index contributed by atoms with van der Waals surface area (Å²) >= 11 is 5.35. The molecule has 2 N–H and O–H groups in total. The van der Waals surface area contributed by atoms with Crippen molar-refractivity contribution >= 4 is 23.9 Å². The first-order valence-electron chi connectivity index (χ1n) is 9.75. The van der Waals surface area contributed by atoms with Gasteiger partial charge in [-0.25, -0.2) is 9.07 Å². The summed E-state index contributed by atoms with van der Waals surface area (Å²) in [7, 11) is 0. The number of nitrogens with one attached hydrogen (secondary N) is 2. The van der Waals surface area contributed by atoms with Crippen LogP contribution in [-0.4, -0.2) is 30.5 Å². The molecule has 2 aromatic carbocycles. The highest BCUT2D eigenvalue weighted by Gasteiger charge is 2.14. The number of hydrogen-bond acceptors (Lipinski definition) is 4. The van der Waals surface area contributed by atoms with Crippen molar-refractivity contribution in [3.63, 3.8) is 0 Å². The van der Waals surface area contributed by atoms with Gasteiger partial charge in [0, 0.05) is 24.6 Å². The van der Waals surface area contributed by atoms with Crippen LogP contribution >= 0.6 is 12.2 Å². The second kappa shape index (κ2) is 8.65. The summed E-state index contributed by atoms with van der Waals surface area (Å²) in [5.41, 5.74) is 3.46. The van der Waals surface area contributed by atoms with E-state index in [0.29, 0.717) is 28.6 Å². The number of anilines is 1. The van der Waals surface area contributed by atoms with Crippen LogP contribution in [0.3, 0.4) is 0 Å². The van der Waals surface area contributed by atoms with E-state index in [4.69, 9.17) is 12.2 Å². The largest absolute Gasteiger partial charge is 0.311 e. The lowest BCUT2D eigenvalue weighted by Gasteiger charge is -2.10. The SMILES string of the molecule is Cc1ccc(-c2n[nH]c(=S)n2CCC(=O)Nc2cc(C)nn2-c2ccc(F)cc2)cc1. The Labute approximate surface area is 183 Å². The van der Waals surface area contributed by atoms with Crippen LogP contribution < -0.4 is 5.32 Å². The van der Waals surface area contributed by atoms with Gasteiger partial charge in [0.2, 0.25) is 5.91 Å². The molecule has 0 radical (unpaired) electrons. The lowest BCUT2D eigenvalue weighted by atomic mass is 10.1. The first-order valence-corrected chi connectivity index (χ1v) is 10.2. The van der Waals surface area contributed by atoms with Crippen LogP contribution in [0.2, 0.25) is 0 Å². The van der Waals surface area contributed by atoms with Gasteiger partial charge in [0.25, 0.3) is 0 Å². The summed E-state index contributed by atoms with van der Waals surface area (Å²) in [6, 6.07) is 15.6. The van der Waals surface area contributed by atoms with Crippen molar-refractivity contribution in [3.8, 4) is 17.1 Å². The summed E-state index contributed by atoms with van der Waals surface area (Å²) in [5.74, 6) is 0.675. The molecule has 0 unspecified atom stereocenters. The van der Waals surface area contributed by atoms with E-state index in [1.165, 1.54) is 12.1 Å². The molecule has 0 aliphatic rings. The van der Waals surface area contributed by atoms with Crippen molar-refractivity contribution in [1.82, 2.24) is 24.5 Å². The summed E-state index contributed by atoms with van der Waals surface area (Å²) in [5, 5.41) is 14.4. The maximum atomic E-state index is 13.2. The Kier molecular flexibility index (Phi) is 5.77. The third kappa shape index (κ3) is 4.61. The molecule has 31 heavy (non-hydrogen) atoms. The topological polar surface area (TPSA) is 80.5 Å². The number of nitrogens with zero attached hydrogens (tertiary/aromatic N) is 4. The molecule has 0 fully saturated rings. The number of aromatic amines is 1. The average molecular weight is 437 g/mol. The normalized spacial score (nSPS) is 10.9. The minimum Gasteiger partial charge on any atom is -0.311 e. The highest BCUT2D eigenvalue weighted by atomic mass is 32.1. The van der Waals surface area contributed by atoms with Gasteiger partial charge in [0.1, 0.15) is 11.6 Å². The van der Waals surface area contributed by atoms with Gasteiger partial charge in [-0.15, -0.1) is 0 Å². The Morgan fingerprint density at radius 1 is 1.13 bits per heavy atom. The van der Waals surface area contributed by atoms with Crippen molar-refractivity contribution in [1.29, 1.82) is 0 Å². The molecule has 0 atom stereocenters. The van der Waals surface area contributed by atoms with Crippen molar-refractivity contribution in [2.75, 3.05) is 5.32 Å². The molecular formula is C22H21FN6OS. The van der Waals surface area contributed by atoms with E-state index in [1.54, 1.807) is 22.9 Å². The fourth-order valence-corrected chi connectivity index (χ4v) is 3.46. The number of H-pyrrole nitrogens is 1. The van der Waals surface area contributed by atoms with Crippen LogP contribution in [0.4, 0.5) is 10.2 Å². The van der Waals surface area contributed by atoms with Crippen LogP contribution in [0.1, 0.15) is 17.7 Å². The Balaban J connectivity index is 1.49. The molecule has 0 aliphatic carbocycles. The zero-order valence-corrected chi connectivity index (χ0v) is 17.9. The van der Waals surface area contributed by atoms with Gasteiger partial charge in [-0.1, -0.05) is 29.8 Å². The second-order valence-corrected chi connectivity index (χ2v) is 7.61. The first kappa shape index (κ1) is 20.7. The van der Waals surface area contributed by atoms with E-state index in [1.807, 2.05) is 42.7 Å². The minimum atomic E-state index is -0.334. The van der Waals surface area contributed by atoms with Gasteiger partial charge >= 0.3 is 0 Å². The molecule has 9 heteroatoms. The van der Waals surface area contributed by atoms with E-state index in [0.717, 1.165) is 16.8 Å². The monoisotopic (exact) mass is 436 g/mol. The highest BCUT2D eigenvalue weighted by Crippen LogP contribution is 2.20. The Morgan fingerprint density at radius 2 is 1.84 bits per heavy atom. The third-order valence-corrected chi connectivity index (χ3v) is 5.11. The van der Waals surface area contributed by atoms with Crippen LogP contribution in [0, 0.1) is 24.4 Å². The molecule has 0 saturated heterocycles. The molecule has 4 rings (SSSR count). The number of amides is 1. The number of halogens is 1. The van der Waals surface area contributed by atoms with Crippen LogP contribution in [0.5, 0.6) is 0 Å². The van der Waals surface area contributed by atoms with E-state index in [9.17, 15) is 9.18 Å². The third-order valence-electron chi connectivity index (χ3n) is 4.80. The van der Waals surface area contributed by atoms with Gasteiger partial charge < -0.3 is 5.32 Å². The first-order chi connectivity index (χ1) is 14.9. The molecule has 0 saturated carbocycles. The van der Waals surface area contributed by atoms with Gasteiger partial charge in [-0.05, 0) is 50.3 Å². The van der Waals surface area contributed by atoms with E-state index in [2.05, 4.69) is 20.6 Å². The number of aryl methyl sites for hydroxylation is 2. The van der Waals surface area contributed by atoms with Gasteiger partial charge in [0.05, 0.1) is 11.4 Å². The molecule has 2 heterocycles. The zero-order valence-electron chi connectivity index (χ0n) is 17.1. The molecule has 2 aromatic heterocycles.